The van der Waals surface area contributed by atoms with Crippen LogP contribution >= 0.6 is 0 Å². The third-order valence-electron chi connectivity index (χ3n) is 4.22. The first-order valence-corrected chi connectivity index (χ1v) is 8.08. The van der Waals surface area contributed by atoms with E-state index in [0.29, 0.717) is 25.8 Å². The summed E-state index contributed by atoms with van der Waals surface area (Å²) in [6.07, 6.45) is 9.20. The Balaban J connectivity index is 1.56. The van der Waals surface area contributed by atoms with E-state index < -0.39 is 0 Å². The Morgan fingerprint density at radius 3 is 2.60 bits per heavy atom. The second kappa shape index (κ2) is 8.47. The second-order valence-corrected chi connectivity index (χ2v) is 5.96. The lowest BCUT2D eigenvalue weighted by atomic mass is 10.1. The van der Waals surface area contributed by atoms with Crippen molar-refractivity contribution in [2.45, 2.75) is 63.6 Å². The first-order valence-electron chi connectivity index (χ1n) is 8.08. The third kappa shape index (κ3) is 5.29. The summed E-state index contributed by atoms with van der Waals surface area (Å²) < 4.78 is 5.84. The zero-order valence-electron chi connectivity index (χ0n) is 12.4. The molecule has 1 aliphatic carbocycles. The summed E-state index contributed by atoms with van der Waals surface area (Å²) in [7, 11) is 0. The van der Waals surface area contributed by atoms with E-state index in [4.69, 9.17) is 4.74 Å². The van der Waals surface area contributed by atoms with E-state index in [1.165, 1.54) is 25.7 Å². The Kier molecular flexibility index (Phi) is 6.60. The normalized spacial score (nSPS) is 25.2. The van der Waals surface area contributed by atoms with Gasteiger partial charge in [-0.25, -0.2) is 4.79 Å². The first kappa shape index (κ1) is 15.6. The van der Waals surface area contributed by atoms with Crippen molar-refractivity contribution in [1.82, 2.24) is 10.2 Å². The Labute approximate surface area is 121 Å². The average Bonchev–Trinajstić information content (AvgIpc) is 2.72. The van der Waals surface area contributed by atoms with Gasteiger partial charge in [0.25, 0.3) is 0 Å². The van der Waals surface area contributed by atoms with Crippen molar-refractivity contribution in [3.05, 3.63) is 0 Å². The number of aliphatic hydroxyl groups is 1. The molecule has 20 heavy (non-hydrogen) atoms. The fourth-order valence-corrected chi connectivity index (χ4v) is 3.04. The van der Waals surface area contributed by atoms with E-state index >= 15 is 0 Å². The minimum Gasteiger partial charge on any atom is -0.391 e. The van der Waals surface area contributed by atoms with Crippen molar-refractivity contribution in [3.63, 3.8) is 0 Å². The quantitative estimate of drug-likeness (QED) is 0.612. The fourth-order valence-electron chi connectivity index (χ4n) is 3.04. The molecule has 1 saturated carbocycles. The summed E-state index contributed by atoms with van der Waals surface area (Å²) in [4.78, 5) is 13.6. The van der Waals surface area contributed by atoms with Crippen LogP contribution in [0.4, 0.5) is 4.79 Å². The highest BCUT2D eigenvalue weighted by Crippen LogP contribution is 2.19. The minimum atomic E-state index is -0.364. The molecule has 1 unspecified atom stereocenters. The lowest BCUT2D eigenvalue weighted by molar-refractivity contribution is 0.0442. The number of piperidine rings is 1. The van der Waals surface area contributed by atoms with Crippen molar-refractivity contribution < 1.29 is 14.6 Å². The predicted molar refractivity (Wildman–Crippen MR) is 77.7 cm³/mol. The van der Waals surface area contributed by atoms with Crippen LogP contribution in [0.1, 0.15) is 51.4 Å². The number of hydrogen-bond donors (Lipinski definition) is 2. The second-order valence-electron chi connectivity index (χ2n) is 5.96. The molecule has 2 fully saturated rings. The lowest BCUT2D eigenvalue weighted by Crippen LogP contribution is -2.47. The number of β-amino-alcohol motifs (C(OH)–C–C–N with tert-alkyl or cyclic N) is 1. The van der Waals surface area contributed by atoms with Crippen LogP contribution in [0.25, 0.3) is 0 Å². The van der Waals surface area contributed by atoms with Gasteiger partial charge in [-0.3, -0.25) is 0 Å². The first-order chi connectivity index (χ1) is 9.75. The topological polar surface area (TPSA) is 61.8 Å². The molecule has 0 aromatic heterocycles. The van der Waals surface area contributed by atoms with E-state index in [0.717, 1.165) is 32.2 Å². The van der Waals surface area contributed by atoms with Crippen LogP contribution in [0.3, 0.4) is 0 Å². The maximum atomic E-state index is 11.9. The smallest absolute Gasteiger partial charge is 0.317 e. The number of nitrogens with zero attached hydrogens (tertiary/aromatic N) is 1. The van der Waals surface area contributed by atoms with Crippen LogP contribution in [0, 0.1) is 0 Å². The summed E-state index contributed by atoms with van der Waals surface area (Å²) in [6, 6.07) is -0.0757. The maximum absolute atomic E-state index is 11.9. The molecule has 1 aliphatic heterocycles. The van der Waals surface area contributed by atoms with Crippen LogP contribution in [0.2, 0.25) is 0 Å². The van der Waals surface area contributed by atoms with Gasteiger partial charge in [0.1, 0.15) is 0 Å². The van der Waals surface area contributed by atoms with Gasteiger partial charge in [-0.05, 0) is 25.7 Å². The van der Waals surface area contributed by atoms with Gasteiger partial charge in [0.2, 0.25) is 0 Å². The summed E-state index contributed by atoms with van der Waals surface area (Å²) in [5, 5.41) is 12.4. The van der Waals surface area contributed by atoms with Crippen molar-refractivity contribution in [2.24, 2.45) is 0 Å². The van der Waals surface area contributed by atoms with Gasteiger partial charge in [-0.15, -0.1) is 0 Å². The van der Waals surface area contributed by atoms with Gasteiger partial charge in [0.15, 0.2) is 0 Å². The van der Waals surface area contributed by atoms with Crippen LogP contribution in [0.15, 0.2) is 0 Å². The summed E-state index contributed by atoms with van der Waals surface area (Å²) in [5.74, 6) is 0. The van der Waals surface area contributed by atoms with E-state index in [9.17, 15) is 9.90 Å². The molecule has 2 aliphatic rings. The number of likely N-dealkylation sites (tertiary alicyclic amines) is 1. The number of rotatable bonds is 4. The standard InChI is InChI=1S/C15H28N2O3/c18-13-6-5-10-17(12-13)15(19)16-9-11-20-14-7-3-1-2-4-8-14/h13-14,18H,1-12H2,(H,16,19). The van der Waals surface area contributed by atoms with Crippen molar-refractivity contribution in [1.29, 1.82) is 0 Å². The minimum absolute atomic E-state index is 0.0757. The van der Waals surface area contributed by atoms with Gasteiger partial charge in [0.05, 0.1) is 18.8 Å². The largest absolute Gasteiger partial charge is 0.391 e. The SMILES string of the molecule is O=C(NCCOC1CCCCCC1)N1CCCC(O)C1. The molecule has 5 heteroatoms. The molecule has 0 aromatic carbocycles. The van der Waals surface area contributed by atoms with Crippen molar-refractivity contribution in [2.75, 3.05) is 26.2 Å². The highest BCUT2D eigenvalue weighted by molar-refractivity contribution is 5.74. The Hall–Kier alpha value is -0.810. The number of urea groups is 1. The van der Waals surface area contributed by atoms with Crippen LogP contribution in [-0.2, 0) is 4.74 Å². The molecule has 116 valence electrons. The zero-order valence-corrected chi connectivity index (χ0v) is 12.4. The number of aliphatic hydroxyl groups excluding tert-OH is 1. The molecular formula is C15H28N2O3. The molecule has 0 aromatic rings. The van der Waals surface area contributed by atoms with E-state index in [1.807, 2.05) is 0 Å². The molecule has 1 heterocycles. The van der Waals surface area contributed by atoms with Gasteiger partial charge >= 0.3 is 6.03 Å². The molecule has 1 saturated heterocycles. The van der Waals surface area contributed by atoms with Gasteiger partial charge in [-0.1, -0.05) is 25.7 Å². The van der Waals surface area contributed by atoms with Gasteiger partial charge in [-0.2, -0.15) is 0 Å². The van der Waals surface area contributed by atoms with Crippen molar-refractivity contribution in [3.8, 4) is 0 Å². The number of carbonyl (C=O) groups is 1. The molecule has 2 amide bonds. The van der Waals surface area contributed by atoms with Gasteiger partial charge < -0.3 is 20.1 Å². The van der Waals surface area contributed by atoms with Crippen LogP contribution in [0.5, 0.6) is 0 Å². The molecule has 1 atom stereocenters. The van der Waals surface area contributed by atoms with Crippen LogP contribution < -0.4 is 5.32 Å². The lowest BCUT2D eigenvalue weighted by Gasteiger charge is -2.30. The molecule has 2 rings (SSSR count). The summed E-state index contributed by atoms with van der Waals surface area (Å²) >= 11 is 0. The van der Waals surface area contributed by atoms with Crippen molar-refractivity contribution >= 4 is 6.03 Å². The summed E-state index contributed by atoms with van der Waals surface area (Å²) in [6.45, 7) is 2.34. The average molecular weight is 284 g/mol. The van der Waals surface area contributed by atoms with Crippen LogP contribution in [-0.4, -0.2) is 54.5 Å². The molecule has 0 bridgehead atoms. The third-order valence-corrected chi connectivity index (χ3v) is 4.22. The summed E-state index contributed by atoms with van der Waals surface area (Å²) in [5.41, 5.74) is 0. The Bertz CT molecular complexity index is 291. The monoisotopic (exact) mass is 284 g/mol. The highest BCUT2D eigenvalue weighted by Gasteiger charge is 2.21. The van der Waals surface area contributed by atoms with E-state index in [-0.39, 0.29) is 12.1 Å². The van der Waals surface area contributed by atoms with Gasteiger partial charge in [0, 0.05) is 19.6 Å². The Morgan fingerprint density at radius 2 is 1.90 bits per heavy atom. The predicted octanol–water partition coefficient (Wildman–Crippen LogP) is 1.89. The molecule has 0 radical (unpaired) electrons. The number of carbonyl (C=O) groups excluding carboxylic acids is 1. The molecule has 0 spiro atoms. The molecule has 2 N–H and O–H groups in total. The van der Waals surface area contributed by atoms with E-state index in [2.05, 4.69) is 5.32 Å². The number of hydrogen-bond acceptors (Lipinski definition) is 3. The highest BCUT2D eigenvalue weighted by atomic mass is 16.5. The zero-order chi connectivity index (χ0) is 14.2. The molecule has 5 nitrogen and oxygen atoms in total. The maximum Gasteiger partial charge on any atom is 0.317 e. The number of nitrogens with one attached hydrogen (secondary N) is 1. The number of ether oxygens (including phenoxy) is 1. The van der Waals surface area contributed by atoms with E-state index in [1.54, 1.807) is 4.90 Å². The Morgan fingerprint density at radius 1 is 1.15 bits per heavy atom. The number of amides is 2. The molecular weight excluding hydrogens is 256 g/mol. The fraction of sp³-hybridized carbons (Fsp3) is 0.933.